The molecule has 1 aliphatic rings. The lowest BCUT2D eigenvalue weighted by Crippen LogP contribution is -2.37. The smallest absolute Gasteiger partial charge is 0.169 e. The average molecular weight is 419 g/mol. The molecule has 2 heteroatoms. The van der Waals surface area contributed by atoms with E-state index in [0.29, 0.717) is 12.0 Å². The van der Waals surface area contributed by atoms with Crippen molar-refractivity contribution in [2.45, 2.75) is 23.9 Å². The Balaban J connectivity index is 1.72. The van der Waals surface area contributed by atoms with Gasteiger partial charge in [-0.05, 0) is 29.0 Å². The molecule has 5 rings (SSSR count). The van der Waals surface area contributed by atoms with Crippen molar-refractivity contribution in [2.24, 2.45) is 5.92 Å². The molecule has 4 aromatic rings. The van der Waals surface area contributed by atoms with Gasteiger partial charge >= 0.3 is 0 Å². The molecule has 0 bridgehead atoms. The van der Waals surface area contributed by atoms with Crippen LogP contribution in [0.3, 0.4) is 0 Å². The van der Waals surface area contributed by atoms with Crippen LogP contribution in [0.2, 0.25) is 0 Å². The van der Waals surface area contributed by atoms with Crippen LogP contribution in [0.5, 0.6) is 0 Å². The van der Waals surface area contributed by atoms with Crippen LogP contribution in [0.25, 0.3) is 0 Å². The van der Waals surface area contributed by atoms with Crippen LogP contribution in [0.15, 0.2) is 121 Å². The fourth-order valence-corrected chi connectivity index (χ4v) is 5.43. The van der Waals surface area contributed by atoms with Gasteiger partial charge in [-0.25, -0.2) is 0 Å². The number of benzene rings is 4. The number of rotatable bonds is 5. The Morgan fingerprint density at radius 2 is 1.12 bits per heavy atom. The van der Waals surface area contributed by atoms with Crippen LogP contribution in [0, 0.1) is 5.92 Å². The van der Waals surface area contributed by atoms with Gasteiger partial charge in [0.15, 0.2) is 5.78 Å². The number of hydrogen-bond acceptors (Lipinski definition) is 2. The molecule has 2 nitrogen and oxygen atoms in total. The van der Waals surface area contributed by atoms with Crippen molar-refractivity contribution in [1.29, 1.82) is 0 Å². The summed E-state index contributed by atoms with van der Waals surface area (Å²) in [6.07, 6.45) is 0.490. The summed E-state index contributed by atoms with van der Waals surface area (Å²) >= 11 is 0. The van der Waals surface area contributed by atoms with Gasteiger partial charge in [0, 0.05) is 11.5 Å². The van der Waals surface area contributed by atoms with Gasteiger partial charge in [-0.1, -0.05) is 121 Å². The van der Waals surface area contributed by atoms with E-state index in [1.54, 1.807) is 0 Å². The quantitative estimate of drug-likeness (QED) is 0.384. The molecule has 1 fully saturated rings. The molecule has 1 saturated carbocycles. The number of hydrogen-bond donors (Lipinski definition) is 1. The number of carbonyl (C=O) groups is 1. The fourth-order valence-electron chi connectivity index (χ4n) is 5.43. The molecule has 0 spiro atoms. The summed E-state index contributed by atoms with van der Waals surface area (Å²) in [5.74, 6) is -0.734. The molecule has 0 amide bonds. The number of aliphatic hydroxyl groups is 1. The maximum Gasteiger partial charge on any atom is 0.169 e. The first kappa shape index (κ1) is 20.4. The summed E-state index contributed by atoms with van der Waals surface area (Å²) in [6.45, 7) is 0. The lowest BCUT2D eigenvalue weighted by molar-refractivity contribution is -0.000254. The topological polar surface area (TPSA) is 37.3 Å². The first-order chi connectivity index (χ1) is 15.7. The molecule has 32 heavy (non-hydrogen) atoms. The van der Waals surface area contributed by atoms with E-state index >= 15 is 0 Å². The van der Waals surface area contributed by atoms with Gasteiger partial charge in [-0.15, -0.1) is 0 Å². The Kier molecular flexibility index (Phi) is 5.46. The zero-order valence-corrected chi connectivity index (χ0v) is 17.8. The van der Waals surface area contributed by atoms with Gasteiger partial charge in [0.1, 0.15) is 5.60 Å². The van der Waals surface area contributed by atoms with Crippen LogP contribution in [-0.4, -0.2) is 10.9 Å². The Morgan fingerprint density at radius 3 is 1.69 bits per heavy atom. The summed E-state index contributed by atoms with van der Waals surface area (Å²) < 4.78 is 0. The Labute approximate surface area is 189 Å². The van der Waals surface area contributed by atoms with Gasteiger partial charge in [0.2, 0.25) is 0 Å². The molecule has 0 saturated heterocycles. The highest BCUT2D eigenvalue weighted by Gasteiger charge is 2.57. The predicted octanol–water partition coefficient (Wildman–Crippen LogP) is 6.34. The van der Waals surface area contributed by atoms with Gasteiger partial charge in [-0.3, -0.25) is 4.79 Å². The molecule has 0 aliphatic heterocycles. The highest BCUT2D eigenvalue weighted by molar-refractivity contribution is 5.99. The van der Waals surface area contributed by atoms with Crippen LogP contribution >= 0.6 is 0 Å². The summed E-state index contributed by atoms with van der Waals surface area (Å²) in [7, 11) is 0. The van der Waals surface area contributed by atoms with Crippen LogP contribution in [-0.2, 0) is 5.60 Å². The second-order valence-electron chi connectivity index (χ2n) is 8.66. The number of carbonyl (C=O) groups excluding carboxylic acids is 1. The highest BCUT2D eigenvalue weighted by Crippen LogP contribution is 2.59. The molecule has 4 atom stereocenters. The van der Waals surface area contributed by atoms with E-state index in [0.717, 1.165) is 16.7 Å². The molecular formula is C30H26O2. The van der Waals surface area contributed by atoms with E-state index in [9.17, 15) is 9.90 Å². The molecule has 0 radical (unpaired) electrons. The van der Waals surface area contributed by atoms with Crippen LogP contribution in [0.4, 0.5) is 0 Å². The standard InChI is InChI=1S/C30H26O2/c31-29(24-17-9-3-10-18-24)28-27(23-15-7-2-8-16-23)26(22-13-5-1-6-14-22)21-30(28,32)25-19-11-4-12-20-25/h1-20,26-28,32H,21H2/t26-,27-,28-,30+/m0/s1. The van der Waals surface area contributed by atoms with Crippen molar-refractivity contribution in [1.82, 2.24) is 0 Å². The largest absolute Gasteiger partial charge is 0.384 e. The van der Waals surface area contributed by atoms with Crippen molar-refractivity contribution < 1.29 is 9.90 Å². The van der Waals surface area contributed by atoms with E-state index in [1.807, 2.05) is 97.1 Å². The molecule has 1 aliphatic carbocycles. The molecule has 0 unspecified atom stereocenters. The maximum atomic E-state index is 14.0. The van der Waals surface area contributed by atoms with E-state index in [4.69, 9.17) is 0 Å². The van der Waals surface area contributed by atoms with Crippen molar-refractivity contribution in [3.05, 3.63) is 144 Å². The molecular weight excluding hydrogens is 392 g/mol. The fraction of sp³-hybridized carbons (Fsp3) is 0.167. The van der Waals surface area contributed by atoms with Gasteiger partial charge in [-0.2, -0.15) is 0 Å². The van der Waals surface area contributed by atoms with Crippen molar-refractivity contribution in [3.8, 4) is 0 Å². The normalized spacial score (nSPS) is 24.8. The molecule has 158 valence electrons. The molecule has 1 N–H and O–H groups in total. The van der Waals surface area contributed by atoms with E-state index < -0.39 is 11.5 Å². The number of ketones is 1. The lowest BCUT2D eigenvalue weighted by Gasteiger charge is -2.32. The third kappa shape index (κ3) is 3.57. The zero-order chi connectivity index (χ0) is 22.0. The third-order valence-electron chi connectivity index (χ3n) is 6.86. The Hall–Kier alpha value is -3.49. The second-order valence-corrected chi connectivity index (χ2v) is 8.66. The second kappa shape index (κ2) is 8.57. The van der Waals surface area contributed by atoms with E-state index in [1.165, 1.54) is 0 Å². The highest BCUT2D eigenvalue weighted by atomic mass is 16.3. The summed E-state index contributed by atoms with van der Waals surface area (Å²) in [6, 6.07) is 39.6. The predicted molar refractivity (Wildman–Crippen MR) is 128 cm³/mol. The van der Waals surface area contributed by atoms with Crippen LogP contribution in [0.1, 0.15) is 45.3 Å². The Bertz CT molecular complexity index is 1170. The van der Waals surface area contributed by atoms with Crippen molar-refractivity contribution in [2.75, 3.05) is 0 Å². The lowest BCUT2D eigenvalue weighted by atomic mass is 9.73. The molecule has 0 heterocycles. The minimum absolute atomic E-state index is 0.00997. The first-order valence-corrected chi connectivity index (χ1v) is 11.2. The summed E-state index contributed by atoms with van der Waals surface area (Å²) in [4.78, 5) is 14.0. The van der Waals surface area contributed by atoms with Gasteiger partial charge in [0.05, 0.1) is 5.92 Å². The van der Waals surface area contributed by atoms with Gasteiger partial charge in [0.25, 0.3) is 0 Å². The van der Waals surface area contributed by atoms with Crippen molar-refractivity contribution in [3.63, 3.8) is 0 Å². The minimum atomic E-state index is -1.27. The number of Topliss-reactive ketones (excluding diaryl/α,β-unsaturated/α-hetero) is 1. The summed E-state index contributed by atoms with van der Waals surface area (Å²) in [5.41, 5.74) is 2.41. The summed E-state index contributed by atoms with van der Waals surface area (Å²) in [5, 5.41) is 12.3. The van der Waals surface area contributed by atoms with Crippen LogP contribution < -0.4 is 0 Å². The van der Waals surface area contributed by atoms with Crippen molar-refractivity contribution >= 4 is 5.78 Å². The van der Waals surface area contributed by atoms with E-state index in [-0.39, 0.29) is 17.6 Å². The maximum absolute atomic E-state index is 14.0. The third-order valence-corrected chi connectivity index (χ3v) is 6.86. The van der Waals surface area contributed by atoms with E-state index in [2.05, 4.69) is 24.3 Å². The monoisotopic (exact) mass is 418 g/mol. The first-order valence-electron chi connectivity index (χ1n) is 11.2. The zero-order valence-electron chi connectivity index (χ0n) is 17.8. The Morgan fingerprint density at radius 1 is 0.656 bits per heavy atom. The average Bonchev–Trinajstić information content (AvgIpc) is 3.20. The molecule has 0 aromatic heterocycles. The molecule has 4 aromatic carbocycles. The van der Waals surface area contributed by atoms with Gasteiger partial charge < -0.3 is 5.11 Å². The minimum Gasteiger partial charge on any atom is -0.384 e. The SMILES string of the molecule is O=C(c1ccccc1)[C@@H]1[C@@H](c2ccccc2)[C@H](c2ccccc2)C[C@@]1(O)c1ccccc1.